The summed E-state index contributed by atoms with van der Waals surface area (Å²) in [6, 6.07) is 34.0. The molecule has 0 aromatic heterocycles. The van der Waals surface area contributed by atoms with Crippen molar-refractivity contribution >= 4 is 74.0 Å². The molecule has 11 heteroatoms. The molecular weight excluding hydrogens is 749 g/mol. The van der Waals surface area contributed by atoms with Crippen LogP contribution in [0.5, 0.6) is 11.5 Å². The Labute approximate surface area is 333 Å². The van der Waals surface area contributed by atoms with Crippen molar-refractivity contribution in [2.24, 2.45) is 0 Å². The van der Waals surface area contributed by atoms with E-state index in [4.69, 9.17) is 27.9 Å². The number of ether oxygens (including phenoxy) is 1. The third-order valence-corrected chi connectivity index (χ3v) is 12.3. The molecule has 3 aliphatic rings. The molecule has 9 rings (SSSR count). The summed E-state index contributed by atoms with van der Waals surface area (Å²) >= 11 is 12.9. The van der Waals surface area contributed by atoms with E-state index in [-0.39, 0.29) is 60.7 Å². The molecular formula is C45H37Cl2N3O6. The van der Waals surface area contributed by atoms with E-state index in [0.29, 0.717) is 22.1 Å². The second-order valence-corrected chi connectivity index (χ2v) is 15.2. The maximum Gasteiger partial charge on any atom is 0.410 e. The molecule has 0 spiro atoms. The Kier molecular flexibility index (Phi) is 9.22. The lowest BCUT2D eigenvalue weighted by atomic mass is 9.95. The molecule has 1 unspecified atom stereocenters. The fourth-order valence-electron chi connectivity index (χ4n) is 8.95. The number of fused-ring (bicyclic) bond motifs is 9. The zero-order valence-corrected chi connectivity index (χ0v) is 31.7. The van der Waals surface area contributed by atoms with E-state index in [1.54, 1.807) is 12.1 Å². The van der Waals surface area contributed by atoms with E-state index in [0.717, 1.165) is 49.1 Å². The highest BCUT2D eigenvalue weighted by Crippen LogP contribution is 2.48. The molecule has 0 fully saturated rings. The highest BCUT2D eigenvalue weighted by molar-refractivity contribution is 6.19. The number of carbonyl (C=O) groups excluding carboxylic acids is 3. The SMILES string of the molecule is O=C(OCC1c2ccccc2-c2ccccc21)N(CC(=O)N1CC(CCl)c2c1cc(O)c1ccccc21)CC(=O)N1C[C@@H](CCl)c2c1cc(O)c1ccccc21. The van der Waals surface area contributed by atoms with Crippen LogP contribution in [0.25, 0.3) is 32.7 Å². The monoisotopic (exact) mass is 785 g/mol. The van der Waals surface area contributed by atoms with Gasteiger partial charge in [0, 0.05) is 65.5 Å². The number of hydrogen-bond acceptors (Lipinski definition) is 6. The number of hydrogen-bond donors (Lipinski definition) is 2. The van der Waals surface area contributed by atoms with Crippen molar-refractivity contribution in [3.63, 3.8) is 0 Å². The second-order valence-electron chi connectivity index (χ2n) is 14.6. The summed E-state index contributed by atoms with van der Waals surface area (Å²) in [5.41, 5.74) is 6.91. The topological polar surface area (TPSA) is 111 Å². The number of aromatic hydroxyl groups is 2. The lowest BCUT2D eigenvalue weighted by Gasteiger charge is -2.27. The van der Waals surface area contributed by atoms with Gasteiger partial charge < -0.3 is 24.7 Å². The van der Waals surface area contributed by atoms with E-state index in [2.05, 4.69) is 0 Å². The van der Waals surface area contributed by atoms with Crippen molar-refractivity contribution in [2.75, 3.05) is 54.3 Å². The number of carbonyl (C=O) groups is 3. The van der Waals surface area contributed by atoms with Crippen LogP contribution in [-0.2, 0) is 14.3 Å². The summed E-state index contributed by atoms with van der Waals surface area (Å²) in [4.78, 5) is 47.2. The number of halogens is 2. The van der Waals surface area contributed by atoms with E-state index in [1.807, 2.05) is 97.1 Å². The molecule has 0 bridgehead atoms. The molecule has 2 atom stereocenters. The van der Waals surface area contributed by atoms with E-state index >= 15 is 0 Å². The summed E-state index contributed by atoms with van der Waals surface area (Å²) < 4.78 is 6.03. The minimum atomic E-state index is -0.821. The van der Waals surface area contributed by atoms with Crippen molar-refractivity contribution in [3.8, 4) is 22.6 Å². The van der Waals surface area contributed by atoms with Crippen molar-refractivity contribution in [1.29, 1.82) is 0 Å². The van der Waals surface area contributed by atoms with Gasteiger partial charge in [-0.15, -0.1) is 23.2 Å². The van der Waals surface area contributed by atoms with Crippen LogP contribution in [0.15, 0.2) is 109 Å². The van der Waals surface area contributed by atoms with Crippen LogP contribution >= 0.6 is 23.2 Å². The van der Waals surface area contributed by atoms with Crippen molar-refractivity contribution in [3.05, 3.63) is 131 Å². The lowest BCUT2D eigenvalue weighted by Crippen LogP contribution is -2.48. The first-order chi connectivity index (χ1) is 27.3. The predicted octanol–water partition coefficient (Wildman–Crippen LogP) is 8.69. The van der Waals surface area contributed by atoms with Gasteiger partial charge in [-0.05, 0) is 44.2 Å². The van der Waals surface area contributed by atoms with Crippen LogP contribution in [0, 0.1) is 0 Å². The van der Waals surface area contributed by atoms with Crippen LogP contribution in [0.1, 0.15) is 40.0 Å². The fraction of sp³-hybridized carbons (Fsp3) is 0.222. The first-order valence-corrected chi connectivity index (χ1v) is 19.7. The summed E-state index contributed by atoms with van der Waals surface area (Å²) in [5.74, 6) is -1.09. The maximum absolute atomic E-state index is 14.4. The molecule has 0 saturated heterocycles. The lowest BCUT2D eigenvalue weighted by molar-refractivity contribution is -0.122. The van der Waals surface area contributed by atoms with Crippen LogP contribution in [0.4, 0.5) is 16.2 Å². The first-order valence-electron chi connectivity index (χ1n) is 18.6. The van der Waals surface area contributed by atoms with Gasteiger partial charge in [0.15, 0.2) is 0 Å². The van der Waals surface area contributed by atoms with E-state index < -0.39 is 31.0 Å². The standard InChI is InChI=1S/C45H37Cl2N3O6/c46-19-26-21-49(37-17-39(51)32-13-5-7-15-34(32)43(26)37)41(53)23-48(45(55)56-25-36-30-11-3-1-9-28(30)29-10-2-4-12-31(29)36)24-42(54)50-22-27(20-47)44-35-16-8-6-14-33(35)40(52)18-38(44)50/h1-18,26-27,36,51-52H,19-25H2/t26-,27?/m1/s1. The Balaban J connectivity index is 1.04. The van der Waals surface area contributed by atoms with E-state index in [1.165, 1.54) is 9.80 Å². The van der Waals surface area contributed by atoms with Gasteiger partial charge in [0.2, 0.25) is 11.8 Å². The van der Waals surface area contributed by atoms with E-state index in [9.17, 15) is 24.6 Å². The maximum atomic E-state index is 14.4. The molecule has 1 aliphatic carbocycles. The number of alkyl halides is 2. The Hall–Kier alpha value is -5.77. The molecule has 6 aromatic rings. The number of rotatable bonds is 8. The van der Waals surface area contributed by atoms with Gasteiger partial charge >= 0.3 is 6.09 Å². The molecule has 9 nitrogen and oxygen atoms in total. The van der Waals surface area contributed by atoms with Gasteiger partial charge in [-0.3, -0.25) is 14.5 Å². The average Bonchev–Trinajstić information content (AvgIpc) is 3.89. The second kappa shape index (κ2) is 14.4. The largest absolute Gasteiger partial charge is 0.507 e. The molecule has 0 saturated carbocycles. The number of nitrogens with zero attached hydrogens (tertiary/aromatic N) is 3. The highest BCUT2D eigenvalue weighted by atomic mass is 35.5. The van der Waals surface area contributed by atoms with Gasteiger partial charge in [0.25, 0.3) is 0 Å². The predicted molar refractivity (Wildman–Crippen MR) is 219 cm³/mol. The summed E-state index contributed by atoms with van der Waals surface area (Å²) in [5, 5.41) is 24.9. The molecule has 3 amide bonds. The zero-order valence-electron chi connectivity index (χ0n) is 30.2. The Morgan fingerprint density at radius 3 is 1.48 bits per heavy atom. The van der Waals surface area contributed by atoms with Gasteiger partial charge in [-0.1, -0.05) is 97.1 Å². The summed E-state index contributed by atoms with van der Waals surface area (Å²) in [6.07, 6.45) is -0.821. The quantitative estimate of drug-likeness (QED) is 0.150. The van der Waals surface area contributed by atoms with Gasteiger partial charge in [-0.25, -0.2) is 4.79 Å². The Morgan fingerprint density at radius 2 is 1.04 bits per heavy atom. The molecule has 282 valence electrons. The summed E-state index contributed by atoms with van der Waals surface area (Å²) in [7, 11) is 0. The molecule has 2 heterocycles. The molecule has 0 radical (unpaired) electrons. The zero-order chi connectivity index (χ0) is 38.7. The van der Waals surface area contributed by atoms with Crippen LogP contribution in [0.2, 0.25) is 0 Å². The molecule has 6 aromatic carbocycles. The molecule has 56 heavy (non-hydrogen) atoms. The summed E-state index contributed by atoms with van der Waals surface area (Å²) in [6.45, 7) is -0.491. The third-order valence-electron chi connectivity index (χ3n) is 11.5. The van der Waals surface area contributed by atoms with Gasteiger partial charge in [-0.2, -0.15) is 0 Å². The molecule has 2 N–H and O–H groups in total. The van der Waals surface area contributed by atoms with Crippen molar-refractivity contribution < 1.29 is 29.3 Å². The Bertz CT molecular complexity index is 2410. The average molecular weight is 787 g/mol. The van der Waals surface area contributed by atoms with Crippen LogP contribution < -0.4 is 9.80 Å². The van der Waals surface area contributed by atoms with Gasteiger partial charge in [0.1, 0.15) is 31.2 Å². The number of benzene rings is 6. The molecule has 2 aliphatic heterocycles. The van der Waals surface area contributed by atoms with Crippen LogP contribution in [0.3, 0.4) is 0 Å². The number of amides is 3. The number of phenolic OH excluding ortho intramolecular Hbond substituents is 2. The smallest absolute Gasteiger partial charge is 0.410 e. The van der Waals surface area contributed by atoms with Gasteiger partial charge in [0.05, 0.1) is 11.4 Å². The number of anilines is 2. The van der Waals surface area contributed by atoms with Crippen LogP contribution in [-0.4, -0.2) is 77.6 Å². The normalized spacial score (nSPS) is 16.8. The Morgan fingerprint density at radius 1 is 0.625 bits per heavy atom. The number of phenols is 2. The minimum absolute atomic E-state index is 0.00674. The third kappa shape index (κ3) is 5.88. The van der Waals surface area contributed by atoms with Crippen molar-refractivity contribution in [1.82, 2.24) is 4.90 Å². The minimum Gasteiger partial charge on any atom is -0.507 e. The first kappa shape index (κ1) is 35.9. The van der Waals surface area contributed by atoms with Crippen molar-refractivity contribution in [2.45, 2.75) is 17.8 Å². The highest BCUT2D eigenvalue weighted by Gasteiger charge is 2.39. The fourth-order valence-corrected chi connectivity index (χ4v) is 9.45.